The molecule has 6 nitrogen and oxygen atoms in total. The summed E-state index contributed by atoms with van der Waals surface area (Å²) in [5, 5.41) is 3.73. The Morgan fingerprint density at radius 3 is 2.53 bits per heavy atom. The van der Waals surface area contributed by atoms with Gasteiger partial charge in [-0.15, -0.1) is 0 Å². The Morgan fingerprint density at radius 2 is 1.83 bits per heavy atom. The second kappa shape index (κ2) is 7.89. The van der Waals surface area contributed by atoms with Crippen molar-refractivity contribution in [1.82, 2.24) is 9.97 Å². The first-order valence-corrected chi connectivity index (χ1v) is 9.69. The van der Waals surface area contributed by atoms with Crippen LogP contribution in [-0.4, -0.2) is 30.2 Å². The minimum absolute atomic E-state index is 0.00180. The average Bonchev–Trinajstić information content (AvgIpc) is 2.72. The standard InChI is InChI=1S/C21H22F3N5O/c1-30-17-7-5-6-16-18(17)27-20(28-19(16)29-8-3-2-4-9-29)26-15-11-13(21(22,23)24)10-14(25)12-15/h5-7,10-12H,2-4,8-9,25H2,1H3,(H,26,27,28). The van der Waals surface area contributed by atoms with E-state index in [2.05, 4.69) is 20.2 Å². The van der Waals surface area contributed by atoms with Crippen molar-refractivity contribution in [3.8, 4) is 5.75 Å². The van der Waals surface area contributed by atoms with Crippen LogP contribution in [0.5, 0.6) is 5.75 Å². The fourth-order valence-electron chi connectivity index (χ4n) is 3.69. The number of nitrogens with one attached hydrogen (secondary N) is 1. The first kappa shape index (κ1) is 20.1. The van der Waals surface area contributed by atoms with E-state index in [9.17, 15) is 13.2 Å². The second-order valence-corrected chi connectivity index (χ2v) is 7.24. The van der Waals surface area contributed by atoms with E-state index in [1.165, 1.54) is 6.07 Å². The number of fused-ring (bicyclic) bond motifs is 1. The topological polar surface area (TPSA) is 76.3 Å². The van der Waals surface area contributed by atoms with E-state index in [1.807, 2.05) is 12.1 Å². The number of nitrogens with two attached hydrogens (primary N) is 1. The molecule has 1 aliphatic rings. The fourth-order valence-corrected chi connectivity index (χ4v) is 3.69. The van der Waals surface area contributed by atoms with E-state index in [0.29, 0.717) is 11.3 Å². The molecule has 3 aromatic rings. The quantitative estimate of drug-likeness (QED) is 0.584. The van der Waals surface area contributed by atoms with Gasteiger partial charge in [0, 0.05) is 29.9 Å². The van der Waals surface area contributed by atoms with Gasteiger partial charge in [0.05, 0.1) is 12.7 Å². The van der Waals surface area contributed by atoms with E-state index < -0.39 is 11.7 Å². The summed E-state index contributed by atoms with van der Waals surface area (Å²) in [6.45, 7) is 1.72. The van der Waals surface area contributed by atoms with Gasteiger partial charge in [0.15, 0.2) is 0 Å². The Hall–Kier alpha value is -3.23. The molecule has 3 N–H and O–H groups in total. The number of anilines is 4. The van der Waals surface area contributed by atoms with Crippen molar-refractivity contribution in [3.63, 3.8) is 0 Å². The maximum Gasteiger partial charge on any atom is 0.416 e. The highest BCUT2D eigenvalue weighted by Crippen LogP contribution is 2.35. The van der Waals surface area contributed by atoms with Crippen LogP contribution < -0.4 is 20.7 Å². The number of para-hydroxylation sites is 1. The number of aromatic nitrogens is 2. The fraction of sp³-hybridized carbons (Fsp3) is 0.333. The molecule has 0 bridgehead atoms. The molecule has 0 radical (unpaired) electrons. The van der Waals surface area contributed by atoms with Gasteiger partial charge in [-0.3, -0.25) is 0 Å². The molecule has 1 fully saturated rings. The largest absolute Gasteiger partial charge is 0.494 e. The summed E-state index contributed by atoms with van der Waals surface area (Å²) < 4.78 is 44.9. The molecule has 0 atom stereocenters. The number of hydrogen-bond donors (Lipinski definition) is 2. The third kappa shape index (κ3) is 4.05. The van der Waals surface area contributed by atoms with Gasteiger partial charge < -0.3 is 20.7 Å². The number of benzene rings is 2. The summed E-state index contributed by atoms with van der Waals surface area (Å²) >= 11 is 0. The van der Waals surface area contributed by atoms with E-state index >= 15 is 0 Å². The van der Waals surface area contributed by atoms with Crippen LogP contribution in [0.25, 0.3) is 10.9 Å². The summed E-state index contributed by atoms with van der Waals surface area (Å²) in [5.74, 6) is 1.49. The summed E-state index contributed by atoms with van der Waals surface area (Å²) in [6.07, 6.45) is -1.22. The van der Waals surface area contributed by atoms with Gasteiger partial charge >= 0.3 is 6.18 Å². The molecule has 4 rings (SSSR count). The molecule has 0 spiro atoms. The lowest BCUT2D eigenvalue weighted by Crippen LogP contribution is -2.30. The van der Waals surface area contributed by atoms with Crippen LogP contribution >= 0.6 is 0 Å². The Labute approximate surface area is 171 Å². The van der Waals surface area contributed by atoms with Crippen LogP contribution in [0.2, 0.25) is 0 Å². The van der Waals surface area contributed by atoms with E-state index in [4.69, 9.17) is 10.5 Å². The van der Waals surface area contributed by atoms with Crippen LogP contribution in [0.3, 0.4) is 0 Å². The summed E-state index contributed by atoms with van der Waals surface area (Å²) in [7, 11) is 1.55. The first-order valence-electron chi connectivity index (χ1n) is 9.69. The van der Waals surface area contributed by atoms with Crippen LogP contribution in [0.15, 0.2) is 36.4 Å². The lowest BCUT2D eigenvalue weighted by molar-refractivity contribution is -0.137. The predicted octanol–water partition coefficient (Wildman–Crippen LogP) is 4.97. The minimum Gasteiger partial charge on any atom is -0.494 e. The zero-order valence-corrected chi connectivity index (χ0v) is 16.5. The predicted molar refractivity (Wildman–Crippen MR) is 111 cm³/mol. The molecule has 2 aromatic carbocycles. The van der Waals surface area contributed by atoms with E-state index in [-0.39, 0.29) is 17.3 Å². The highest BCUT2D eigenvalue weighted by atomic mass is 19.4. The maximum absolute atomic E-state index is 13.2. The molecule has 0 amide bonds. The van der Waals surface area contributed by atoms with Crippen LogP contribution in [0.1, 0.15) is 24.8 Å². The molecule has 1 aromatic heterocycles. The molecule has 0 aliphatic carbocycles. The van der Waals surface area contributed by atoms with Gasteiger partial charge in [0.2, 0.25) is 5.95 Å². The molecule has 9 heteroatoms. The molecule has 2 heterocycles. The van der Waals surface area contributed by atoms with Gasteiger partial charge in [0.25, 0.3) is 0 Å². The maximum atomic E-state index is 13.2. The molecule has 1 saturated heterocycles. The average molecular weight is 417 g/mol. The molecule has 1 aliphatic heterocycles. The van der Waals surface area contributed by atoms with E-state index in [1.54, 1.807) is 13.2 Å². The number of nitrogens with zero attached hydrogens (tertiary/aromatic N) is 3. The molecular weight excluding hydrogens is 395 g/mol. The number of ether oxygens (including phenoxy) is 1. The molecule has 30 heavy (non-hydrogen) atoms. The van der Waals surface area contributed by atoms with Crippen molar-refractivity contribution in [3.05, 3.63) is 42.0 Å². The number of piperidine rings is 1. The van der Waals surface area contributed by atoms with Crippen LogP contribution in [-0.2, 0) is 6.18 Å². The van der Waals surface area contributed by atoms with Gasteiger partial charge in [-0.2, -0.15) is 18.2 Å². The van der Waals surface area contributed by atoms with Gasteiger partial charge in [-0.05, 0) is 49.6 Å². The molecule has 0 saturated carbocycles. The van der Waals surface area contributed by atoms with Crippen molar-refractivity contribution in [2.45, 2.75) is 25.4 Å². The highest BCUT2D eigenvalue weighted by molar-refractivity contribution is 5.94. The number of rotatable bonds is 4. The van der Waals surface area contributed by atoms with Crippen LogP contribution in [0.4, 0.5) is 36.3 Å². The second-order valence-electron chi connectivity index (χ2n) is 7.24. The highest BCUT2D eigenvalue weighted by Gasteiger charge is 2.31. The summed E-state index contributed by atoms with van der Waals surface area (Å²) in [6, 6.07) is 8.90. The van der Waals surface area contributed by atoms with Gasteiger partial charge in [-0.25, -0.2) is 4.98 Å². The molecule has 0 unspecified atom stereocenters. The number of halogens is 3. The van der Waals surface area contributed by atoms with Crippen molar-refractivity contribution in [2.75, 3.05) is 36.1 Å². The van der Waals surface area contributed by atoms with Crippen molar-refractivity contribution in [1.29, 1.82) is 0 Å². The Morgan fingerprint density at radius 1 is 1.07 bits per heavy atom. The summed E-state index contributed by atoms with van der Waals surface area (Å²) in [5.41, 5.74) is 5.61. The number of nitrogen functional groups attached to an aromatic ring is 1. The van der Waals surface area contributed by atoms with Crippen molar-refractivity contribution >= 4 is 34.0 Å². The zero-order valence-electron chi connectivity index (χ0n) is 16.5. The SMILES string of the molecule is COc1cccc2c(N3CCCCC3)nc(Nc3cc(N)cc(C(F)(F)F)c3)nc12. The van der Waals surface area contributed by atoms with Gasteiger partial charge in [-0.1, -0.05) is 6.07 Å². The van der Waals surface area contributed by atoms with Crippen molar-refractivity contribution in [2.24, 2.45) is 0 Å². The third-order valence-corrected chi connectivity index (χ3v) is 5.08. The molecule has 158 valence electrons. The smallest absolute Gasteiger partial charge is 0.416 e. The van der Waals surface area contributed by atoms with Gasteiger partial charge in [0.1, 0.15) is 17.1 Å². The minimum atomic E-state index is -4.50. The number of methoxy groups -OCH3 is 1. The Kier molecular flexibility index (Phi) is 5.27. The third-order valence-electron chi connectivity index (χ3n) is 5.08. The van der Waals surface area contributed by atoms with Crippen molar-refractivity contribution < 1.29 is 17.9 Å². The number of hydrogen-bond acceptors (Lipinski definition) is 6. The first-order chi connectivity index (χ1) is 14.3. The Bertz CT molecular complexity index is 1060. The molecular formula is C21H22F3N5O. The lowest BCUT2D eigenvalue weighted by atomic mass is 10.1. The van der Waals surface area contributed by atoms with Crippen LogP contribution in [0, 0.1) is 0 Å². The van der Waals surface area contributed by atoms with E-state index in [0.717, 1.165) is 55.7 Å². The monoisotopic (exact) mass is 417 g/mol. The number of alkyl halides is 3. The normalized spacial score (nSPS) is 14.7. The summed E-state index contributed by atoms with van der Waals surface area (Å²) in [4.78, 5) is 11.3. The zero-order chi connectivity index (χ0) is 21.3. The Balaban J connectivity index is 1.80. The lowest BCUT2D eigenvalue weighted by Gasteiger charge is -2.29.